The fraction of sp³-hybridized carbons (Fsp3) is 0.286. The van der Waals surface area contributed by atoms with Crippen molar-refractivity contribution in [3.63, 3.8) is 0 Å². The van der Waals surface area contributed by atoms with Crippen molar-refractivity contribution < 1.29 is 14.6 Å². The van der Waals surface area contributed by atoms with Gasteiger partial charge in [0, 0.05) is 29.9 Å². The van der Waals surface area contributed by atoms with Gasteiger partial charge in [0.25, 0.3) is 0 Å². The SMILES string of the molecule is C[C@@H]1CN(c2ccc(-c3nnc(-c4ccc(C(=O)O)cc4)s3)cc2)C[C@H](C)O1. The molecule has 144 valence electrons. The monoisotopic (exact) mass is 395 g/mol. The maximum absolute atomic E-state index is 11.0. The lowest BCUT2D eigenvalue weighted by Crippen LogP contribution is -2.45. The molecule has 4 rings (SSSR count). The normalized spacial score (nSPS) is 19.6. The van der Waals surface area contributed by atoms with Crippen molar-refractivity contribution in [3.8, 4) is 21.1 Å². The number of aromatic nitrogens is 2. The number of carboxylic acid groups (broad SMARTS) is 1. The van der Waals surface area contributed by atoms with E-state index in [0.29, 0.717) is 0 Å². The van der Waals surface area contributed by atoms with Crippen molar-refractivity contribution in [2.45, 2.75) is 26.1 Å². The van der Waals surface area contributed by atoms with Crippen LogP contribution in [0.4, 0.5) is 5.69 Å². The molecule has 0 bridgehead atoms. The molecule has 28 heavy (non-hydrogen) atoms. The molecule has 0 aliphatic carbocycles. The Morgan fingerprint density at radius 3 is 1.96 bits per heavy atom. The van der Waals surface area contributed by atoms with Crippen molar-refractivity contribution >= 4 is 23.0 Å². The number of carboxylic acids is 1. The lowest BCUT2D eigenvalue weighted by molar-refractivity contribution is -0.00521. The third kappa shape index (κ3) is 3.90. The summed E-state index contributed by atoms with van der Waals surface area (Å²) in [6.45, 7) is 5.98. The third-order valence-corrected chi connectivity index (χ3v) is 5.72. The van der Waals surface area contributed by atoms with E-state index >= 15 is 0 Å². The van der Waals surface area contributed by atoms with Crippen molar-refractivity contribution in [1.29, 1.82) is 0 Å². The Morgan fingerprint density at radius 2 is 1.46 bits per heavy atom. The quantitative estimate of drug-likeness (QED) is 0.714. The number of hydrogen-bond acceptors (Lipinski definition) is 6. The molecule has 6 nitrogen and oxygen atoms in total. The van der Waals surface area contributed by atoms with Gasteiger partial charge in [-0.25, -0.2) is 4.79 Å². The predicted molar refractivity (Wildman–Crippen MR) is 110 cm³/mol. The van der Waals surface area contributed by atoms with Crippen LogP contribution in [0.15, 0.2) is 48.5 Å². The Morgan fingerprint density at radius 1 is 0.964 bits per heavy atom. The van der Waals surface area contributed by atoms with Crippen molar-refractivity contribution in [2.75, 3.05) is 18.0 Å². The second kappa shape index (κ2) is 7.69. The molecule has 0 saturated carbocycles. The number of benzene rings is 2. The minimum absolute atomic E-state index is 0.224. The number of hydrogen-bond donors (Lipinski definition) is 1. The first-order chi connectivity index (χ1) is 13.5. The van der Waals surface area contributed by atoms with Crippen LogP contribution in [0.25, 0.3) is 21.1 Å². The highest BCUT2D eigenvalue weighted by Gasteiger charge is 2.22. The molecule has 0 unspecified atom stereocenters. The Hall–Kier alpha value is -2.77. The first-order valence-electron chi connectivity index (χ1n) is 9.17. The lowest BCUT2D eigenvalue weighted by Gasteiger charge is -2.36. The van der Waals surface area contributed by atoms with E-state index in [2.05, 4.69) is 53.2 Å². The van der Waals surface area contributed by atoms with E-state index < -0.39 is 5.97 Å². The molecule has 1 aliphatic rings. The van der Waals surface area contributed by atoms with Crippen LogP contribution in [-0.2, 0) is 4.74 Å². The fourth-order valence-electron chi connectivity index (χ4n) is 3.42. The molecule has 1 aliphatic heterocycles. The summed E-state index contributed by atoms with van der Waals surface area (Å²) < 4.78 is 5.81. The number of rotatable bonds is 4. The molecule has 7 heteroatoms. The highest BCUT2D eigenvalue weighted by atomic mass is 32.1. The van der Waals surface area contributed by atoms with Crippen LogP contribution >= 0.6 is 11.3 Å². The molecule has 1 fully saturated rings. The van der Waals surface area contributed by atoms with Crippen LogP contribution in [0.5, 0.6) is 0 Å². The summed E-state index contributed by atoms with van der Waals surface area (Å²) >= 11 is 1.49. The number of aromatic carboxylic acids is 1. The Bertz CT molecular complexity index is 959. The van der Waals surface area contributed by atoms with E-state index in [0.717, 1.165) is 34.2 Å². The van der Waals surface area contributed by atoms with Gasteiger partial charge in [0.15, 0.2) is 0 Å². The second-order valence-corrected chi connectivity index (χ2v) is 7.98. The van der Waals surface area contributed by atoms with Crippen molar-refractivity contribution in [1.82, 2.24) is 10.2 Å². The summed E-state index contributed by atoms with van der Waals surface area (Å²) in [6, 6.07) is 15.0. The van der Waals surface area contributed by atoms with Gasteiger partial charge in [-0.15, -0.1) is 10.2 Å². The molecular formula is C21H21N3O3S. The largest absolute Gasteiger partial charge is 0.478 e. The van der Waals surface area contributed by atoms with Gasteiger partial charge in [-0.05, 0) is 50.2 Å². The third-order valence-electron chi connectivity index (χ3n) is 4.70. The average Bonchev–Trinajstić information content (AvgIpc) is 3.18. The zero-order chi connectivity index (χ0) is 19.7. The number of nitrogens with zero attached hydrogens (tertiary/aromatic N) is 3. The summed E-state index contributed by atoms with van der Waals surface area (Å²) in [4.78, 5) is 13.3. The topological polar surface area (TPSA) is 75.6 Å². The van der Waals surface area contributed by atoms with E-state index in [1.165, 1.54) is 17.0 Å². The van der Waals surface area contributed by atoms with Crippen LogP contribution in [0.2, 0.25) is 0 Å². The highest BCUT2D eigenvalue weighted by molar-refractivity contribution is 7.17. The van der Waals surface area contributed by atoms with E-state index in [1.54, 1.807) is 24.3 Å². The number of ether oxygens (including phenoxy) is 1. The van der Waals surface area contributed by atoms with Gasteiger partial charge in [-0.1, -0.05) is 23.5 Å². The smallest absolute Gasteiger partial charge is 0.335 e. The second-order valence-electron chi connectivity index (χ2n) is 7.00. The van der Waals surface area contributed by atoms with Crippen LogP contribution in [-0.4, -0.2) is 46.6 Å². The molecule has 0 amide bonds. The fourth-order valence-corrected chi connectivity index (χ4v) is 4.27. The van der Waals surface area contributed by atoms with E-state index in [4.69, 9.17) is 9.84 Å². The molecule has 0 radical (unpaired) electrons. The number of carbonyl (C=O) groups is 1. The van der Waals surface area contributed by atoms with Crippen LogP contribution in [0, 0.1) is 0 Å². The number of morpholine rings is 1. The lowest BCUT2D eigenvalue weighted by atomic mass is 10.1. The van der Waals surface area contributed by atoms with E-state index in [1.807, 2.05) is 0 Å². The van der Waals surface area contributed by atoms with Crippen molar-refractivity contribution in [3.05, 3.63) is 54.1 Å². The first-order valence-corrected chi connectivity index (χ1v) is 9.99. The van der Waals surface area contributed by atoms with Gasteiger partial charge < -0.3 is 14.7 Å². The molecule has 1 saturated heterocycles. The summed E-state index contributed by atoms with van der Waals surface area (Å²) in [6.07, 6.45) is 0.448. The standard InChI is InChI=1S/C21H21N3O3S/c1-13-11-24(12-14(2)27-13)18-9-7-16(8-10-18)20-23-22-19(28-20)15-3-5-17(6-4-15)21(25)26/h3-10,13-14H,11-12H2,1-2H3,(H,25,26)/t13-,14+. The van der Waals surface area contributed by atoms with Gasteiger partial charge in [0.05, 0.1) is 17.8 Å². The maximum atomic E-state index is 11.0. The molecule has 1 aromatic heterocycles. The average molecular weight is 395 g/mol. The van der Waals surface area contributed by atoms with Crippen LogP contribution in [0.1, 0.15) is 24.2 Å². The summed E-state index contributed by atoms with van der Waals surface area (Å²) in [5, 5.41) is 19.2. The van der Waals surface area contributed by atoms with Gasteiger partial charge in [0.2, 0.25) is 0 Å². The van der Waals surface area contributed by atoms with Crippen LogP contribution in [0.3, 0.4) is 0 Å². The molecule has 2 aromatic carbocycles. The van der Waals surface area contributed by atoms with Crippen LogP contribution < -0.4 is 4.90 Å². The molecular weight excluding hydrogens is 374 g/mol. The molecule has 2 atom stereocenters. The van der Waals surface area contributed by atoms with Gasteiger partial charge in [0.1, 0.15) is 10.0 Å². The van der Waals surface area contributed by atoms with Gasteiger partial charge >= 0.3 is 5.97 Å². The summed E-state index contributed by atoms with van der Waals surface area (Å²) in [7, 11) is 0. The van der Waals surface area contributed by atoms with E-state index in [-0.39, 0.29) is 17.8 Å². The highest BCUT2D eigenvalue weighted by Crippen LogP contribution is 2.31. The molecule has 1 N–H and O–H groups in total. The Balaban J connectivity index is 1.51. The molecule has 0 spiro atoms. The minimum atomic E-state index is -0.936. The summed E-state index contributed by atoms with van der Waals surface area (Å²) in [5.74, 6) is -0.936. The number of anilines is 1. The predicted octanol–water partition coefficient (Wildman–Crippen LogP) is 4.18. The van der Waals surface area contributed by atoms with Gasteiger partial charge in [-0.2, -0.15) is 0 Å². The Kier molecular flexibility index (Phi) is 5.11. The van der Waals surface area contributed by atoms with Crippen molar-refractivity contribution in [2.24, 2.45) is 0 Å². The minimum Gasteiger partial charge on any atom is -0.478 e. The molecule has 2 heterocycles. The zero-order valence-corrected chi connectivity index (χ0v) is 16.5. The first kappa shape index (κ1) is 18.6. The summed E-state index contributed by atoms with van der Waals surface area (Å²) in [5.41, 5.74) is 3.32. The zero-order valence-electron chi connectivity index (χ0n) is 15.7. The maximum Gasteiger partial charge on any atom is 0.335 e. The van der Waals surface area contributed by atoms with E-state index in [9.17, 15) is 4.79 Å². The Labute approximate surface area is 167 Å². The van der Waals surface area contributed by atoms with Gasteiger partial charge in [-0.3, -0.25) is 0 Å². The molecule has 3 aromatic rings.